The van der Waals surface area contributed by atoms with Crippen LogP contribution in [0.4, 0.5) is 0 Å². The molecule has 3 N–H and O–H groups in total. The molecule has 0 fully saturated rings. The van der Waals surface area contributed by atoms with Gasteiger partial charge in [-0.3, -0.25) is 0 Å². The summed E-state index contributed by atoms with van der Waals surface area (Å²) in [6, 6.07) is 7.27. The zero-order valence-electron chi connectivity index (χ0n) is 11.8. The van der Waals surface area contributed by atoms with E-state index in [1.54, 1.807) is 12.1 Å². The Morgan fingerprint density at radius 3 is 2.53 bits per heavy atom. The fourth-order valence-corrected chi connectivity index (χ4v) is 1.89. The molecule has 0 saturated heterocycles. The van der Waals surface area contributed by atoms with E-state index in [1.807, 2.05) is 12.1 Å². The SMILES string of the molecule is CCCCC(CC)COc1ccc(/C(N)=N/O)cc1. The van der Waals surface area contributed by atoms with E-state index in [9.17, 15) is 0 Å². The van der Waals surface area contributed by atoms with E-state index in [-0.39, 0.29) is 5.84 Å². The number of rotatable bonds is 8. The van der Waals surface area contributed by atoms with Gasteiger partial charge in [-0.1, -0.05) is 38.3 Å². The first-order chi connectivity index (χ1) is 9.21. The Hall–Kier alpha value is -1.71. The minimum absolute atomic E-state index is 0.112. The average molecular weight is 264 g/mol. The highest BCUT2D eigenvalue weighted by Gasteiger charge is 2.07. The third-order valence-electron chi connectivity index (χ3n) is 3.29. The van der Waals surface area contributed by atoms with Crippen molar-refractivity contribution in [3.05, 3.63) is 29.8 Å². The molecule has 19 heavy (non-hydrogen) atoms. The summed E-state index contributed by atoms with van der Waals surface area (Å²) in [6.07, 6.45) is 4.84. The Balaban J connectivity index is 2.49. The number of nitrogens with two attached hydrogens (primary N) is 1. The molecule has 0 saturated carbocycles. The zero-order valence-corrected chi connectivity index (χ0v) is 11.8. The van der Waals surface area contributed by atoms with Gasteiger partial charge < -0.3 is 15.7 Å². The topological polar surface area (TPSA) is 67.8 Å². The minimum Gasteiger partial charge on any atom is -0.493 e. The van der Waals surface area contributed by atoms with Crippen LogP contribution in [0, 0.1) is 5.92 Å². The highest BCUT2D eigenvalue weighted by atomic mass is 16.5. The molecule has 0 heterocycles. The van der Waals surface area contributed by atoms with Crippen molar-refractivity contribution in [2.45, 2.75) is 39.5 Å². The van der Waals surface area contributed by atoms with Gasteiger partial charge in [-0.25, -0.2) is 0 Å². The second-order valence-electron chi connectivity index (χ2n) is 4.74. The number of ether oxygens (including phenoxy) is 1. The molecule has 0 spiro atoms. The largest absolute Gasteiger partial charge is 0.493 e. The molecule has 0 amide bonds. The highest BCUT2D eigenvalue weighted by Crippen LogP contribution is 2.17. The van der Waals surface area contributed by atoms with Gasteiger partial charge in [0.2, 0.25) is 0 Å². The first-order valence-electron chi connectivity index (χ1n) is 6.92. The van der Waals surface area contributed by atoms with E-state index in [1.165, 1.54) is 19.3 Å². The van der Waals surface area contributed by atoms with Crippen LogP contribution in [0.2, 0.25) is 0 Å². The number of unbranched alkanes of at least 4 members (excludes halogenated alkanes) is 1. The van der Waals surface area contributed by atoms with E-state index in [2.05, 4.69) is 19.0 Å². The Morgan fingerprint density at radius 2 is 2.00 bits per heavy atom. The third kappa shape index (κ3) is 5.20. The van der Waals surface area contributed by atoms with Crippen LogP contribution in [0.15, 0.2) is 29.4 Å². The fourth-order valence-electron chi connectivity index (χ4n) is 1.89. The van der Waals surface area contributed by atoms with Crippen LogP contribution in [0.3, 0.4) is 0 Å². The molecule has 0 aliphatic carbocycles. The zero-order chi connectivity index (χ0) is 14.1. The molecule has 0 aromatic heterocycles. The molecule has 0 radical (unpaired) electrons. The van der Waals surface area contributed by atoms with E-state index in [0.717, 1.165) is 18.8 Å². The predicted molar refractivity (Wildman–Crippen MR) is 77.8 cm³/mol. The molecule has 1 unspecified atom stereocenters. The van der Waals surface area contributed by atoms with Crippen molar-refractivity contribution in [2.24, 2.45) is 16.8 Å². The van der Waals surface area contributed by atoms with Crippen molar-refractivity contribution in [3.63, 3.8) is 0 Å². The summed E-state index contributed by atoms with van der Waals surface area (Å²) in [6.45, 7) is 5.16. The predicted octanol–water partition coefficient (Wildman–Crippen LogP) is 3.38. The fraction of sp³-hybridized carbons (Fsp3) is 0.533. The number of hydrogen-bond acceptors (Lipinski definition) is 3. The maximum Gasteiger partial charge on any atom is 0.170 e. The van der Waals surface area contributed by atoms with E-state index >= 15 is 0 Å². The summed E-state index contributed by atoms with van der Waals surface area (Å²) in [5.41, 5.74) is 6.19. The summed E-state index contributed by atoms with van der Waals surface area (Å²) >= 11 is 0. The molecule has 1 rings (SSSR count). The highest BCUT2D eigenvalue weighted by molar-refractivity contribution is 5.97. The lowest BCUT2D eigenvalue weighted by Gasteiger charge is -2.15. The minimum atomic E-state index is 0.112. The van der Waals surface area contributed by atoms with Gasteiger partial charge in [0.1, 0.15) is 5.75 Å². The number of benzene rings is 1. The van der Waals surface area contributed by atoms with Crippen molar-refractivity contribution in [3.8, 4) is 5.75 Å². The molecule has 0 bridgehead atoms. The molecule has 4 heteroatoms. The molecule has 0 aliphatic heterocycles. The maximum atomic E-state index is 8.58. The van der Waals surface area contributed by atoms with Crippen LogP contribution in [0.1, 0.15) is 45.1 Å². The molecule has 1 aromatic rings. The standard InChI is InChI=1S/C15H24N2O2/c1-3-5-6-12(4-2)11-19-14-9-7-13(8-10-14)15(16)17-18/h7-10,12,18H,3-6,11H2,1-2H3,(H2,16,17). The van der Waals surface area contributed by atoms with Crippen LogP contribution >= 0.6 is 0 Å². The molecule has 0 aliphatic rings. The van der Waals surface area contributed by atoms with Gasteiger partial charge in [0, 0.05) is 5.56 Å². The van der Waals surface area contributed by atoms with Gasteiger partial charge in [0.15, 0.2) is 5.84 Å². The lowest BCUT2D eigenvalue weighted by atomic mass is 10.0. The number of nitrogens with zero attached hydrogens (tertiary/aromatic N) is 1. The monoisotopic (exact) mass is 264 g/mol. The molecule has 106 valence electrons. The third-order valence-corrected chi connectivity index (χ3v) is 3.29. The second kappa shape index (κ2) is 8.40. The Kier molecular flexibility index (Phi) is 6.79. The van der Waals surface area contributed by atoms with Gasteiger partial charge >= 0.3 is 0 Å². The van der Waals surface area contributed by atoms with Crippen LogP contribution in [0.25, 0.3) is 0 Å². The molecular formula is C15H24N2O2. The molecule has 4 nitrogen and oxygen atoms in total. The lowest BCUT2D eigenvalue weighted by Crippen LogP contribution is -2.13. The Bertz CT molecular complexity index is 388. The Morgan fingerprint density at radius 1 is 1.32 bits per heavy atom. The first kappa shape index (κ1) is 15.3. The molecule has 1 aromatic carbocycles. The summed E-state index contributed by atoms with van der Waals surface area (Å²) < 4.78 is 5.78. The van der Waals surface area contributed by atoms with Crippen LogP contribution < -0.4 is 10.5 Å². The van der Waals surface area contributed by atoms with Crippen molar-refractivity contribution in [1.82, 2.24) is 0 Å². The van der Waals surface area contributed by atoms with Gasteiger partial charge in [0.25, 0.3) is 0 Å². The van der Waals surface area contributed by atoms with Gasteiger partial charge in [-0.05, 0) is 36.6 Å². The van der Waals surface area contributed by atoms with Gasteiger partial charge in [0.05, 0.1) is 6.61 Å². The molecular weight excluding hydrogens is 240 g/mol. The summed E-state index contributed by atoms with van der Waals surface area (Å²) in [5, 5.41) is 11.5. The van der Waals surface area contributed by atoms with Crippen LogP contribution in [0.5, 0.6) is 5.75 Å². The first-order valence-corrected chi connectivity index (χ1v) is 6.92. The second-order valence-corrected chi connectivity index (χ2v) is 4.74. The van der Waals surface area contributed by atoms with Crippen LogP contribution in [-0.4, -0.2) is 17.6 Å². The van der Waals surface area contributed by atoms with Crippen molar-refractivity contribution < 1.29 is 9.94 Å². The molecule has 1 atom stereocenters. The van der Waals surface area contributed by atoms with Gasteiger partial charge in [-0.15, -0.1) is 0 Å². The summed E-state index contributed by atoms with van der Waals surface area (Å²) in [7, 11) is 0. The normalized spacial score (nSPS) is 13.3. The van der Waals surface area contributed by atoms with Crippen LogP contribution in [-0.2, 0) is 0 Å². The van der Waals surface area contributed by atoms with E-state index < -0.39 is 0 Å². The van der Waals surface area contributed by atoms with Crippen molar-refractivity contribution in [2.75, 3.05) is 6.61 Å². The van der Waals surface area contributed by atoms with E-state index in [0.29, 0.717) is 11.5 Å². The van der Waals surface area contributed by atoms with Crippen molar-refractivity contribution >= 4 is 5.84 Å². The van der Waals surface area contributed by atoms with Crippen molar-refractivity contribution in [1.29, 1.82) is 0 Å². The Labute approximate surface area is 115 Å². The van der Waals surface area contributed by atoms with E-state index in [4.69, 9.17) is 15.7 Å². The maximum absolute atomic E-state index is 8.58. The quantitative estimate of drug-likeness (QED) is 0.327. The van der Waals surface area contributed by atoms with Gasteiger partial charge in [-0.2, -0.15) is 0 Å². The lowest BCUT2D eigenvalue weighted by molar-refractivity contribution is 0.233. The number of oxime groups is 1. The average Bonchev–Trinajstić information content (AvgIpc) is 2.47. The number of hydrogen-bond donors (Lipinski definition) is 2. The number of amidine groups is 1. The summed E-state index contributed by atoms with van der Waals surface area (Å²) in [4.78, 5) is 0. The summed E-state index contributed by atoms with van der Waals surface area (Å²) in [5.74, 6) is 1.55. The smallest absolute Gasteiger partial charge is 0.170 e.